The molecule has 0 heterocycles. The molecule has 0 amide bonds. The molecule has 0 aliphatic carbocycles. The first kappa shape index (κ1) is 60.0. The number of carbonyl (C=O) groups excluding carboxylic acids is 2. The Balaban J connectivity index is 4.52. The zero-order valence-electron chi connectivity index (χ0n) is 41.2. The molecule has 0 bridgehead atoms. The second-order valence-corrected chi connectivity index (χ2v) is 16.3. The van der Waals surface area contributed by atoms with Gasteiger partial charge in [-0.05, 0) is 116 Å². The minimum Gasteiger partial charge on any atom is -0.462 e. The lowest BCUT2D eigenvalue weighted by Gasteiger charge is -2.18. The number of unbranched alkanes of at least 4 members (excludes halogenated alkanes) is 12. The van der Waals surface area contributed by atoms with Gasteiger partial charge in [-0.3, -0.25) is 9.59 Å². The van der Waals surface area contributed by atoms with Gasteiger partial charge in [0.15, 0.2) is 6.10 Å². The molecule has 1 unspecified atom stereocenters. The monoisotopic (exact) mass is 883 g/mol. The molecule has 0 saturated heterocycles. The Morgan fingerprint density at radius 1 is 0.359 bits per heavy atom. The fraction of sp³-hybridized carbons (Fsp3) is 0.593. The van der Waals surface area contributed by atoms with Gasteiger partial charge in [-0.15, -0.1) is 0 Å². The quantitative estimate of drug-likeness (QED) is 0.0346. The zero-order chi connectivity index (χ0) is 46.3. The standard InChI is InChI=1S/C59H94O5/c1-4-7-10-13-16-19-22-25-28-30-32-34-37-40-43-46-49-52-58(60)63-56-57(55-62-54-51-48-45-42-39-36-33-29-26-23-20-17-14-11-8-5-2)64-59(61)53-50-47-44-41-38-35-31-27-24-21-18-15-12-9-6-3/h7-8,10-11,16-17,19-20,25-29,31-32,34,36,39-40,43,45,48,57H,4-6,9,12-15,18,21-24,30,33,35,37-38,41-42,44,46-47,49-56H2,1-3H3/b10-7-,11-8-,19-16-,20-17-,28-25-,29-26-,31-27-,34-32-,39-36-,43-40-,48-45-. The summed E-state index contributed by atoms with van der Waals surface area (Å²) in [6.07, 6.45) is 76.3. The number of esters is 2. The summed E-state index contributed by atoms with van der Waals surface area (Å²) in [5.41, 5.74) is 0. The maximum atomic E-state index is 12.8. The number of hydrogen-bond donors (Lipinski definition) is 0. The number of carbonyl (C=O) groups is 2. The van der Waals surface area contributed by atoms with E-state index >= 15 is 0 Å². The molecule has 5 nitrogen and oxygen atoms in total. The topological polar surface area (TPSA) is 61.8 Å². The molecule has 0 aromatic heterocycles. The van der Waals surface area contributed by atoms with Crippen molar-refractivity contribution in [3.05, 3.63) is 134 Å². The van der Waals surface area contributed by atoms with Gasteiger partial charge in [0.05, 0.1) is 13.2 Å². The van der Waals surface area contributed by atoms with E-state index in [4.69, 9.17) is 14.2 Å². The van der Waals surface area contributed by atoms with Gasteiger partial charge in [-0.25, -0.2) is 0 Å². The van der Waals surface area contributed by atoms with E-state index in [0.717, 1.165) is 103 Å². The van der Waals surface area contributed by atoms with Crippen molar-refractivity contribution in [1.29, 1.82) is 0 Å². The molecular formula is C59H94O5. The van der Waals surface area contributed by atoms with Crippen LogP contribution in [0.15, 0.2) is 134 Å². The average Bonchev–Trinajstić information content (AvgIpc) is 3.30. The molecular weight excluding hydrogens is 789 g/mol. The van der Waals surface area contributed by atoms with Crippen LogP contribution in [0.3, 0.4) is 0 Å². The summed E-state index contributed by atoms with van der Waals surface area (Å²) in [4.78, 5) is 25.4. The second kappa shape index (κ2) is 53.4. The molecule has 0 aromatic carbocycles. The van der Waals surface area contributed by atoms with Crippen LogP contribution in [0.25, 0.3) is 0 Å². The lowest BCUT2D eigenvalue weighted by atomic mass is 10.1. The van der Waals surface area contributed by atoms with E-state index in [9.17, 15) is 9.59 Å². The summed E-state index contributed by atoms with van der Waals surface area (Å²) in [5, 5.41) is 0. The van der Waals surface area contributed by atoms with Crippen molar-refractivity contribution in [2.24, 2.45) is 0 Å². The summed E-state index contributed by atoms with van der Waals surface area (Å²) < 4.78 is 17.2. The van der Waals surface area contributed by atoms with Crippen LogP contribution in [0.4, 0.5) is 0 Å². The van der Waals surface area contributed by atoms with E-state index in [1.165, 1.54) is 57.8 Å². The number of rotatable bonds is 45. The van der Waals surface area contributed by atoms with Gasteiger partial charge in [0.25, 0.3) is 0 Å². The molecule has 64 heavy (non-hydrogen) atoms. The van der Waals surface area contributed by atoms with Crippen molar-refractivity contribution in [2.75, 3.05) is 19.8 Å². The van der Waals surface area contributed by atoms with Crippen LogP contribution >= 0.6 is 0 Å². The highest BCUT2D eigenvalue weighted by Gasteiger charge is 2.17. The van der Waals surface area contributed by atoms with Crippen molar-refractivity contribution >= 4 is 11.9 Å². The lowest BCUT2D eigenvalue weighted by Crippen LogP contribution is -2.30. The molecule has 1 atom stereocenters. The number of allylic oxidation sites excluding steroid dienone is 21. The predicted molar refractivity (Wildman–Crippen MR) is 278 cm³/mol. The van der Waals surface area contributed by atoms with E-state index in [1.54, 1.807) is 0 Å². The van der Waals surface area contributed by atoms with Crippen molar-refractivity contribution in [3.63, 3.8) is 0 Å². The molecule has 0 saturated carbocycles. The third-order valence-electron chi connectivity index (χ3n) is 10.2. The first-order valence-corrected chi connectivity index (χ1v) is 25.7. The first-order valence-electron chi connectivity index (χ1n) is 25.7. The lowest BCUT2D eigenvalue weighted by molar-refractivity contribution is -0.162. The highest BCUT2D eigenvalue weighted by atomic mass is 16.6. The molecule has 5 heteroatoms. The highest BCUT2D eigenvalue weighted by molar-refractivity contribution is 5.70. The summed E-state index contributed by atoms with van der Waals surface area (Å²) in [6.45, 7) is 7.30. The normalized spacial score (nSPS) is 13.4. The molecule has 360 valence electrons. The molecule has 0 spiro atoms. The van der Waals surface area contributed by atoms with Gasteiger partial charge >= 0.3 is 11.9 Å². The molecule has 0 aromatic rings. The summed E-state index contributed by atoms with van der Waals surface area (Å²) in [7, 11) is 0. The number of ether oxygens (including phenoxy) is 3. The van der Waals surface area contributed by atoms with E-state index in [0.29, 0.717) is 25.9 Å². The summed E-state index contributed by atoms with van der Waals surface area (Å²) >= 11 is 0. The minimum absolute atomic E-state index is 0.0142. The van der Waals surface area contributed by atoms with Gasteiger partial charge in [-0.2, -0.15) is 0 Å². The minimum atomic E-state index is -0.612. The third-order valence-corrected chi connectivity index (χ3v) is 10.2. The van der Waals surface area contributed by atoms with E-state index in [1.807, 2.05) is 0 Å². The molecule has 0 aliphatic rings. The Labute approximate surface area is 394 Å². The van der Waals surface area contributed by atoms with Crippen LogP contribution in [0.1, 0.15) is 201 Å². The van der Waals surface area contributed by atoms with Gasteiger partial charge in [0.2, 0.25) is 0 Å². The Bertz CT molecular complexity index is 1370. The van der Waals surface area contributed by atoms with Gasteiger partial charge in [0.1, 0.15) is 6.61 Å². The molecule has 0 rings (SSSR count). The smallest absolute Gasteiger partial charge is 0.306 e. The highest BCUT2D eigenvalue weighted by Crippen LogP contribution is 2.12. The Morgan fingerprint density at radius 2 is 0.719 bits per heavy atom. The Hall–Kier alpha value is -3.96. The predicted octanol–water partition coefficient (Wildman–Crippen LogP) is 17.6. The van der Waals surface area contributed by atoms with Gasteiger partial charge < -0.3 is 14.2 Å². The van der Waals surface area contributed by atoms with Gasteiger partial charge in [0, 0.05) is 12.8 Å². The fourth-order valence-electron chi connectivity index (χ4n) is 6.43. The molecule has 0 aliphatic heterocycles. The third kappa shape index (κ3) is 50.7. The van der Waals surface area contributed by atoms with E-state index < -0.39 is 6.10 Å². The van der Waals surface area contributed by atoms with Crippen LogP contribution in [0, 0.1) is 0 Å². The van der Waals surface area contributed by atoms with Gasteiger partial charge in [-0.1, -0.05) is 206 Å². The Morgan fingerprint density at radius 3 is 1.19 bits per heavy atom. The average molecular weight is 883 g/mol. The SMILES string of the molecule is CC/C=C\C/C=C\C/C=C\C/C=C\C/C=C\CCCC(=O)OCC(COCC/C=C\C/C=C\C/C=C\C/C=C\C/C=C\CC)OC(=O)CCCCCCC/C=C\CCCCCCCC. The maximum absolute atomic E-state index is 12.8. The van der Waals surface area contributed by atoms with Crippen molar-refractivity contribution < 1.29 is 23.8 Å². The second-order valence-electron chi connectivity index (χ2n) is 16.3. The largest absolute Gasteiger partial charge is 0.462 e. The van der Waals surface area contributed by atoms with Crippen LogP contribution in [-0.4, -0.2) is 37.9 Å². The zero-order valence-corrected chi connectivity index (χ0v) is 41.2. The summed E-state index contributed by atoms with van der Waals surface area (Å²) in [6, 6.07) is 0. The first-order chi connectivity index (χ1) is 31.6. The van der Waals surface area contributed by atoms with E-state index in [-0.39, 0.29) is 25.2 Å². The molecule has 0 N–H and O–H groups in total. The van der Waals surface area contributed by atoms with Crippen LogP contribution < -0.4 is 0 Å². The summed E-state index contributed by atoms with van der Waals surface area (Å²) in [5.74, 6) is -0.525. The van der Waals surface area contributed by atoms with Crippen molar-refractivity contribution in [2.45, 2.75) is 207 Å². The van der Waals surface area contributed by atoms with Crippen molar-refractivity contribution in [1.82, 2.24) is 0 Å². The van der Waals surface area contributed by atoms with E-state index in [2.05, 4.69) is 154 Å². The number of hydrogen-bond acceptors (Lipinski definition) is 5. The van der Waals surface area contributed by atoms with Crippen LogP contribution in [-0.2, 0) is 23.8 Å². The fourth-order valence-corrected chi connectivity index (χ4v) is 6.43. The van der Waals surface area contributed by atoms with Crippen LogP contribution in [0.5, 0.6) is 0 Å². The van der Waals surface area contributed by atoms with Crippen molar-refractivity contribution in [3.8, 4) is 0 Å². The Kier molecular flexibility index (Phi) is 50.1. The molecule has 0 fully saturated rings. The molecule has 0 radical (unpaired) electrons. The maximum Gasteiger partial charge on any atom is 0.306 e. The van der Waals surface area contributed by atoms with Crippen LogP contribution in [0.2, 0.25) is 0 Å².